The average molecular weight is 286 g/mol. The van der Waals surface area contributed by atoms with Gasteiger partial charge in [0.05, 0.1) is 24.4 Å². The molecule has 0 N–H and O–H groups in total. The minimum atomic E-state index is 0.330. The number of hydrogen-bond donors (Lipinski definition) is 0. The van der Waals surface area contributed by atoms with Gasteiger partial charge in [0.25, 0.3) is 0 Å². The van der Waals surface area contributed by atoms with Crippen molar-refractivity contribution in [2.45, 2.75) is 117 Å². The molecule has 0 spiro atoms. The number of hydrogen-bond acceptors (Lipinski definition) is 2. The van der Waals surface area contributed by atoms with Gasteiger partial charge in [-0.2, -0.15) is 0 Å². The first-order chi connectivity index (χ1) is 9.49. The second kappa shape index (κ2) is 12.6. The van der Waals surface area contributed by atoms with Crippen LogP contribution in [0, 0.1) is 0 Å². The van der Waals surface area contributed by atoms with E-state index >= 15 is 0 Å². The zero-order valence-corrected chi connectivity index (χ0v) is 14.8. The van der Waals surface area contributed by atoms with Gasteiger partial charge in [0.1, 0.15) is 0 Å². The van der Waals surface area contributed by atoms with Gasteiger partial charge in [-0.1, -0.05) is 39.5 Å². The quantitative estimate of drug-likeness (QED) is 0.402. The van der Waals surface area contributed by atoms with Crippen molar-refractivity contribution in [1.82, 2.24) is 0 Å². The highest BCUT2D eigenvalue weighted by Gasteiger charge is 2.16. The lowest BCUT2D eigenvalue weighted by Crippen LogP contribution is -2.23. The number of rotatable bonds is 13. The molecule has 0 aromatic carbocycles. The third kappa shape index (κ3) is 11.7. The van der Waals surface area contributed by atoms with E-state index in [-0.39, 0.29) is 0 Å². The Bertz CT molecular complexity index is 202. The first kappa shape index (κ1) is 19.9. The molecule has 0 heterocycles. The molecule has 20 heavy (non-hydrogen) atoms. The fourth-order valence-electron chi connectivity index (χ4n) is 2.65. The van der Waals surface area contributed by atoms with E-state index < -0.39 is 0 Å². The molecule has 0 amide bonds. The van der Waals surface area contributed by atoms with Gasteiger partial charge in [-0.25, -0.2) is 0 Å². The number of ether oxygens (including phenoxy) is 2. The maximum atomic E-state index is 6.07. The first-order valence-electron chi connectivity index (χ1n) is 8.80. The Hall–Kier alpha value is -0.0800. The van der Waals surface area contributed by atoms with E-state index in [1.165, 1.54) is 38.5 Å². The molecule has 122 valence electrons. The Morgan fingerprint density at radius 3 is 1.50 bits per heavy atom. The smallest absolute Gasteiger partial charge is 0.0579 e. The van der Waals surface area contributed by atoms with E-state index in [4.69, 9.17) is 9.47 Å². The summed E-state index contributed by atoms with van der Waals surface area (Å²) in [7, 11) is 0. The van der Waals surface area contributed by atoms with Gasteiger partial charge in [-0.3, -0.25) is 0 Å². The summed E-state index contributed by atoms with van der Waals surface area (Å²) in [5, 5.41) is 0. The molecule has 0 aliphatic rings. The van der Waals surface area contributed by atoms with Gasteiger partial charge >= 0.3 is 0 Å². The second-order valence-corrected chi connectivity index (χ2v) is 6.48. The molecule has 0 bridgehead atoms. The van der Waals surface area contributed by atoms with Crippen LogP contribution in [0.3, 0.4) is 0 Å². The average Bonchev–Trinajstić information content (AvgIpc) is 2.34. The van der Waals surface area contributed by atoms with E-state index in [1.54, 1.807) is 0 Å². The van der Waals surface area contributed by atoms with Gasteiger partial charge < -0.3 is 9.47 Å². The van der Waals surface area contributed by atoms with Crippen LogP contribution in [0.15, 0.2) is 0 Å². The predicted octanol–water partition coefficient (Wildman–Crippen LogP) is 5.73. The molecule has 0 rings (SSSR count). The van der Waals surface area contributed by atoms with Crippen LogP contribution >= 0.6 is 0 Å². The lowest BCUT2D eigenvalue weighted by atomic mass is 10.0. The van der Waals surface area contributed by atoms with Gasteiger partial charge in [0, 0.05) is 0 Å². The topological polar surface area (TPSA) is 18.5 Å². The Balaban J connectivity index is 4.16. The van der Waals surface area contributed by atoms with Crippen molar-refractivity contribution in [3.8, 4) is 0 Å². The fourth-order valence-corrected chi connectivity index (χ4v) is 2.65. The zero-order valence-electron chi connectivity index (χ0n) is 14.8. The molecular formula is C18H38O2. The Kier molecular flexibility index (Phi) is 12.6. The van der Waals surface area contributed by atoms with Crippen LogP contribution in [0.5, 0.6) is 0 Å². The summed E-state index contributed by atoms with van der Waals surface area (Å²) in [4.78, 5) is 0. The lowest BCUT2D eigenvalue weighted by molar-refractivity contribution is -0.0335. The maximum Gasteiger partial charge on any atom is 0.0579 e. The highest BCUT2D eigenvalue weighted by molar-refractivity contribution is 4.66. The predicted molar refractivity (Wildman–Crippen MR) is 88.3 cm³/mol. The van der Waals surface area contributed by atoms with E-state index in [2.05, 4.69) is 41.5 Å². The monoisotopic (exact) mass is 286 g/mol. The highest BCUT2D eigenvalue weighted by Crippen LogP contribution is 2.19. The first-order valence-corrected chi connectivity index (χ1v) is 8.80. The largest absolute Gasteiger partial charge is 0.376 e. The minimum absolute atomic E-state index is 0.330. The molecule has 0 aromatic heterocycles. The summed E-state index contributed by atoms with van der Waals surface area (Å²) >= 11 is 0. The van der Waals surface area contributed by atoms with Crippen molar-refractivity contribution in [3.63, 3.8) is 0 Å². The van der Waals surface area contributed by atoms with Gasteiger partial charge in [-0.15, -0.1) is 0 Å². The summed E-state index contributed by atoms with van der Waals surface area (Å²) in [6.45, 7) is 13.0. The van der Waals surface area contributed by atoms with Gasteiger partial charge in [0.15, 0.2) is 0 Å². The molecule has 0 aliphatic heterocycles. The summed E-state index contributed by atoms with van der Waals surface area (Å²) < 4.78 is 12.1. The van der Waals surface area contributed by atoms with Crippen LogP contribution in [-0.2, 0) is 9.47 Å². The SMILES string of the molecule is CCCCCC(CCC(CCC)OC(C)C)OC(C)C. The minimum Gasteiger partial charge on any atom is -0.376 e. The van der Waals surface area contributed by atoms with Crippen LogP contribution < -0.4 is 0 Å². The van der Waals surface area contributed by atoms with Crippen LogP contribution in [0.25, 0.3) is 0 Å². The molecule has 2 heteroatoms. The lowest BCUT2D eigenvalue weighted by Gasteiger charge is -2.25. The third-order valence-electron chi connectivity index (χ3n) is 3.48. The fraction of sp³-hybridized carbons (Fsp3) is 1.00. The van der Waals surface area contributed by atoms with E-state index in [9.17, 15) is 0 Å². The molecule has 0 fully saturated rings. The van der Waals surface area contributed by atoms with Crippen LogP contribution in [0.1, 0.15) is 92.9 Å². The van der Waals surface area contributed by atoms with Gasteiger partial charge in [-0.05, 0) is 53.4 Å². The molecule has 0 radical (unpaired) electrons. The summed E-state index contributed by atoms with van der Waals surface area (Å²) in [5.74, 6) is 0. The molecule has 2 unspecified atom stereocenters. The molecule has 2 nitrogen and oxygen atoms in total. The van der Waals surface area contributed by atoms with Crippen LogP contribution in [-0.4, -0.2) is 24.4 Å². The molecule has 0 aromatic rings. The molecule has 0 saturated heterocycles. The second-order valence-electron chi connectivity index (χ2n) is 6.48. The Morgan fingerprint density at radius 1 is 0.600 bits per heavy atom. The molecule has 0 aliphatic carbocycles. The molecule has 0 saturated carbocycles. The summed E-state index contributed by atoms with van der Waals surface area (Å²) in [6.07, 6.45) is 11.2. The van der Waals surface area contributed by atoms with Crippen molar-refractivity contribution >= 4 is 0 Å². The standard InChI is InChI=1S/C18H38O2/c1-7-9-10-12-18(20-16(5)6)14-13-17(11-8-2)19-15(3)4/h15-18H,7-14H2,1-6H3. The van der Waals surface area contributed by atoms with E-state index in [0.29, 0.717) is 24.4 Å². The molecule has 2 atom stereocenters. The normalized spacial score (nSPS) is 15.0. The van der Waals surface area contributed by atoms with Crippen molar-refractivity contribution in [3.05, 3.63) is 0 Å². The number of unbranched alkanes of at least 4 members (excludes halogenated alkanes) is 2. The van der Waals surface area contributed by atoms with Crippen LogP contribution in [0.4, 0.5) is 0 Å². The Morgan fingerprint density at radius 2 is 1.10 bits per heavy atom. The summed E-state index contributed by atoms with van der Waals surface area (Å²) in [6, 6.07) is 0. The van der Waals surface area contributed by atoms with Crippen molar-refractivity contribution in [1.29, 1.82) is 0 Å². The van der Waals surface area contributed by atoms with E-state index in [0.717, 1.165) is 12.8 Å². The Labute approximate surface area is 127 Å². The highest BCUT2D eigenvalue weighted by atomic mass is 16.5. The van der Waals surface area contributed by atoms with Crippen molar-refractivity contribution < 1.29 is 9.47 Å². The third-order valence-corrected chi connectivity index (χ3v) is 3.48. The van der Waals surface area contributed by atoms with E-state index in [1.807, 2.05) is 0 Å². The van der Waals surface area contributed by atoms with Crippen molar-refractivity contribution in [2.75, 3.05) is 0 Å². The van der Waals surface area contributed by atoms with Crippen LogP contribution in [0.2, 0.25) is 0 Å². The van der Waals surface area contributed by atoms with Gasteiger partial charge in [0.2, 0.25) is 0 Å². The molecular weight excluding hydrogens is 248 g/mol. The summed E-state index contributed by atoms with van der Waals surface area (Å²) in [5.41, 5.74) is 0. The van der Waals surface area contributed by atoms with Crippen molar-refractivity contribution in [2.24, 2.45) is 0 Å². The zero-order chi connectivity index (χ0) is 15.4. The maximum absolute atomic E-state index is 6.07.